The number of nitrogens with two attached hydrogens (primary N) is 1. The molecule has 2 rings (SSSR count). The smallest absolute Gasteiger partial charge is 0.121 e. The van der Waals surface area contributed by atoms with Gasteiger partial charge in [-0.2, -0.15) is 11.8 Å². The summed E-state index contributed by atoms with van der Waals surface area (Å²) in [5.74, 6) is 0.869. The third-order valence-electron chi connectivity index (χ3n) is 3.40. The zero-order chi connectivity index (χ0) is 12.8. The second-order valence-corrected chi connectivity index (χ2v) is 5.84. The van der Waals surface area contributed by atoms with Crippen molar-refractivity contribution in [2.75, 3.05) is 38.2 Å². The molecule has 0 aliphatic carbocycles. The number of ether oxygens (including phenoxy) is 1. The standard InChI is InChI=1S/C14H22N2OS/c1-18-14-5-7-16(8-6-14)9-10-17-13-4-2-3-12(15)11-13/h2-4,11,14H,5-10,15H2,1H3. The maximum Gasteiger partial charge on any atom is 0.121 e. The van der Waals surface area contributed by atoms with Crippen LogP contribution in [0.15, 0.2) is 24.3 Å². The molecule has 1 saturated heterocycles. The molecule has 1 aromatic rings. The van der Waals surface area contributed by atoms with Gasteiger partial charge < -0.3 is 10.5 Å². The first-order valence-electron chi connectivity index (χ1n) is 6.51. The summed E-state index contributed by atoms with van der Waals surface area (Å²) >= 11 is 2.00. The molecule has 0 atom stereocenters. The van der Waals surface area contributed by atoms with E-state index in [1.807, 2.05) is 36.0 Å². The molecular formula is C14H22N2OS. The highest BCUT2D eigenvalue weighted by atomic mass is 32.2. The average Bonchev–Trinajstić information content (AvgIpc) is 2.40. The van der Waals surface area contributed by atoms with Crippen molar-refractivity contribution in [3.63, 3.8) is 0 Å². The monoisotopic (exact) mass is 266 g/mol. The second kappa shape index (κ2) is 6.90. The largest absolute Gasteiger partial charge is 0.492 e. The molecule has 0 aromatic heterocycles. The molecule has 0 saturated carbocycles. The van der Waals surface area contributed by atoms with Crippen molar-refractivity contribution in [3.05, 3.63) is 24.3 Å². The maximum atomic E-state index is 5.72. The van der Waals surface area contributed by atoms with E-state index in [1.165, 1.54) is 25.9 Å². The van der Waals surface area contributed by atoms with Gasteiger partial charge in [0, 0.05) is 23.5 Å². The highest BCUT2D eigenvalue weighted by Gasteiger charge is 2.17. The molecule has 1 heterocycles. The molecule has 0 radical (unpaired) electrons. The highest BCUT2D eigenvalue weighted by molar-refractivity contribution is 7.99. The van der Waals surface area contributed by atoms with Crippen molar-refractivity contribution in [1.82, 2.24) is 4.90 Å². The summed E-state index contributed by atoms with van der Waals surface area (Å²) in [5.41, 5.74) is 6.47. The third kappa shape index (κ3) is 4.10. The number of piperidine rings is 1. The summed E-state index contributed by atoms with van der Waals surface area (Å²) in [7, 11) is 0. The van der Waals surface area contributed by atoms with Gasteiger partial charge in [-0.05, 0) is 44.3 Å². The molecular weight excluding hydrogens is 244 g/mol. The van der Waals surface area contributed by atoms with Gasteiger partial charge in [-0.25, -0.2) is 0 Å². The molecule has 18 heavy (non-hydrogen) atoms. The quantitative estimate of drug-likeness (QED) is 0.831. The predicted octanol–water partition coefficient (Wildman–Crippen LogP) is 2.48. The molecule has 1 aliphatic heterocycles. The average molecular weight is 266 g/mol. The molecule has 100 valence electrons. The topological polar surface area (TPSA) is 38.5 Å². The molecule has 0 unspecified atom stereocenters. The Morgan fingerprint density at radius 2 is 2.17 bits per heavy atom. The molecule has 0 spiro atoms. The lowest BCUT2D eigenvalue weighted by molar-refractivity contribution is 0.186. The van der Waals surface area contributed by atoms with Crippen molar-refractivity contribution in [3.8, 4) is 5.75 Å². The zero-order valence-electron chi connectivity index (χ0n) is 11.0. The van der Waals surface area contributed by atoms with Crippen LogP contribution in [0.4, 0.5) is 5.69 Å². The van der Waals surface area contributed by atoms with Crippen LogP contribution in [0.1, 0.15) is 12.8 Å². The first-order chi connectivity index (χ1) is 8.78. The molecule has 3 nitrogen and oxygen atoms in total. The van der Waals surface area contributed by atoms with Crippen molar-refractivity contribution in [2.24, 2.45) is 0 Å². The van der Waals surface area contributed by atoms with E-state index in [2.05, 4.69) is 11.2 Å². The lowest BCUT2D eigenvalue weighted by Gasteiger charge is -2.30. The van der Waals surface area contributed by atoms with E-state index < -0.39 is 0 Å². The van der Waals surface area contributed by atoms with Gasteiger partial charge in [-0.15, -0.1) is 0 Å². The molecule has 1 aromatic carbocycles. The van der Waals surface area contributed by atoms with E-state index in [-0.39, 0.29) is 0 Å². The summed E-state index contributed by atoms with van der Waals surface area (Å²) in [6, 6.07) is 7.63. The van der Waals surface area contributed by atoms with Gasteiger partial charge in [0.15, 0.2) is 0 Å². The van der Waals surface area contributed by atoms with E-state index in [9.17, 15) is 0 Å². The van der Waals surface area contributed by atoms with Gasteiger partial charge in [0.05, 0.1) is 0 Å². The van der Waals surface area contributed by atoms with E-state index >= 15 is 0 Å². The van der Waals surface area contributed by atoms with Crippen LogP contribution in [0, 0.1) is 0 Å². The SMILES string of the molecule is CSC1CCN(CCOc2cccc(N)c2)CC1. The van der Waals surface area contributed by atoms with Gasteiger partial charge in [-0.3, -0.25) is 4.90 Å². The van der Waals surface area contributed by atoms with Crippen molar-refractivity contribution >= 4 is 17.4 Å². The predicted molar refractivity (Wildman–Crippen MR) is 79.3 cm³/mol. The number of thioether (sulfide) groups is 1. The van der Waals surface area contributed by atoms with E-state index in [0.29, 0.717) is 0 Å². The number of hydrogen-bond acceptors (Lipinski definition) is 4. The highest BCUT2D eigenvalue weighted by Crippen LogP contribution is 2.20. The fourth-order valence-corrected chi connectivity index (χ4v) is 2.95. The summed E-state index contributed by atoms with van der Waals surface area (Å²) in [6.07, 6.45) is 4.82. The van der Waals surface area contributed by atoms with E-state index in [4.69, 9.17) is 10.5 Å². The van der Waals surface area contributed by atoms with Crippen LogP contribution < -0.4 is 10.5 Å². The molecule has 0 amide bonds. The Morgan fingerprint density at radius 3 is 2.83 bits per heavy atom. The summed E-state index contributed by atoms with van der Waals surface area (Å²) < 4.78 is 5.72. The molecule has 4 heteroatoms. The summed E-state index contributed by atoms with van der Waals surface area (Å²) in [4.78, 5) is 2.49. The number of rotatable bonds is 5. The van der Waals surface area contributed by atoms with Gasteiger partial charge in [-0.1, -0.05) is 6.07 Å². The third-order valence-corrected chi connectivity index (χ3v) is 4.54. The van der Waals surface area contributed by atoms with Gasteiger partial charge in [0.25, 0.3) is 0 Å². The molecule has 1 aliphatic rings. The fraction of sp³-hybridized carbons (Fsp3) is 0.571. The number of benzene rings is 1. The van der Waals surface area contributed by atoms with Gasteiger partial charge in [0.1, 0.15) is 12.4 Å². The Kier molecular flexibility index (Phi) is 5.20. The fourth-order valence-electron chi connectivity index (χ4n) is 2.27. The van der Waals surface area contributed by atoms with Crippen LogP contribution in [0.2, 0.25) is 0 Å². The molecule has 2 N–H and O–H groups in total. The van der Waals surface area contributed by atoms with Gasteiger partial charge >= 0.3 is 0 Å². The van der Waals surface area contributed by atoms with Crippen LogP contribution in [0.5, 0.6) is 5.75 Å². The molecule has 1 fully saturated rings. The number of nitrogen functional groups attached to an aromatic ring is 1. The Bertz CT molecular complexity index is 365. The number of anilines is 1. The Hall–Kier alpha value is -0.870. The first-order valence-corrected chi connectivity index (χ1v) is 7.80. The van der Waals surface area contributed by atoms with Gasteiger partial charge in [0.2, 0.25) is 0 Å². The Morgan fingerprint density at radius 1 is 1.39 bits per heavy atom. The normalized spacial score (nSPS) is 17.8. The van der Waals surface area contributed by atoms with Crippen molar-refractivity contribution < 1.29 is 4.74 Å². The van der Waals surface area contributed by atoms with E-state index in [0.717, 1.165) is 29.8 Å². The minimum Gasteiger partial charge on any atom is -0.492 e. The maximum absolute atomic E-state index is 5.72. The van der Waals surface area contributed by atoms with Crippen LogP contribution in [0.25, 0.3) is 0 Å². The number of likely N-dealkylation sites (tertiary alicyclic amines) is 1. The zero-order valence-corrected chi connectivity index (χ0v) is 11.8. The number of hydrogen-bond donors (Lipinski definition) is 1. The summed E-state index contributed by atoms with van der Waals surface area (Å²) in [6.45, 7) is 4.15. The summed E-state index contributed by atoms with van der Waals surface area (Å²) in [5, 5.41) is 0.857. The lowest BCUT2D eigenvalue weighted by Crippen LogP contribution is -2.37. The second-order valence-electron chi connectivity index (χ2n) is 4.70. The number of nitrogens with zero attached hydrogens (tertiary/aromatic N) is 1. The van der Waals surface area contributed by atoms with Crippen LogP contribution in [0.3, 0.4) is 0 Å². The lowest BCUT2D eigenvalue weighted by atomic mass is 10.1. The first kappa shape index (κ1) is 13.6. The van der Waals surface area contributed by atoms with Crippen molar-refractivity contribution in [1.29, 1.82) is 0 Å². The van der Waals surface area contributed by atoms with Crippen LogP contribution in [-0.2, 0) is 0 Å². The molecule has 0 bridgehead atoms. The van der Waals surface area contributed by atoms with Crippen molar-refractivity contribution in [2.45, 2.75) is 18.1 Å². The van der Waals surface area contributed by atoms with Crippen LogP contribution >= 0.6 is 11.8 Å². The minimum atomic E-state index is 0.743. The minimum absolute atomic E-state index is 0.743. The Balaban J connectivity index is 1.67. The Labute approximate surface area is 114 Å². The van der Waals surface area contributed by atoms with Crippen LogP contribution in [-0.4, -0.2) is 42.6 Å². The van der Waals surface area contributed by atoms with E-state index in [1.54, 1.807) is 0 Å².